The van der Waals surface area contributed by atoms with Crippen LogP contribution >= 0.6 is 11.8 Å². The van der Waals surface area contributed by atoms with E-state index in [1.54, 1.807) is 16.4 Å². The highest BCUT2D eigenvalue weighted by Crippen LogP contribution is 2.37. The van der Waals surface area contributed by atoms with Crippen LogP contribution in [0.25, 0.3) is 0 Å². The Kier molecular flexibility index (Phi) is 6.74. The van der Waals surface area contributed by atoms with Crippen LogP contribution in [0.2, 0.25) is 0 Å². The Bertz CT molecular complexity index is 1180. The number of allylic oxidation sites excluding steroid dienone is 1. The molecular formula is C25H29N5O2S. The van der Waals surface area contributed by atoms with Crippen LogP contribution < -0.4 is 15.4 Å². The maximum absolute atomic E-state index is 13.5. The van der Waals surface area contributed by atoms with E-state index in [1.165, 1.54) is 0 Å². The molecule has 2 heterocycles. The van der Waals surface area contributed by atoms with E-state index in [1.807, 2.05) is 76.2 Å². The van der Waals surface area contributed by atoms with Crippen LogP contribution in [0.1, 0.15) is 44.9 Å². The van der Waals surface area contributed by atoms with Crippen LogP contribution in [0, 0.1) is 6.92 Å². The lowest BCUT2D eigenvalue weighted by molar-refractivity contribution is -0.113. The van der Waals surface area contributed by atoms with Crippen LogP contribution in [-0.2, 0) is 4.79 Å². The molecule has 1 aliphatic heterocycles. The summed E-state index contributed by atoms with van der Waals surface area (Å²) >= 11 is 1.57. The monoisotopic (exact) mass is 463 g/mol. The Hall–Kier alpha value is -3.26. The summed E-state index contributed by atoms with van der Waals surface area (Å²) in [6.45, 7) is 9.96. The molecule has 1 aliphatic rings. The molecule has 1 aromatic heterocycles. The molecule has 4 rings (SSSR count). The van der Waals surface area contributed by atoms with Crippen LogP contribution in [0.3, 0.4) is 0 Å². The number of aromatic nitrogens is 3. The van der Waals surface area contributed by atoms with Crippen molar-refractivity contribution in [3.63, 3.8) is 0 Å². The zero-order chi connectivity index (χ0) is 23.5. The van der Waals surface area contributed by atoms with Crippen molar-refractivity contribution in [3.8, 4) is 5.75 Å². The van der Waals surface area contributed by atoms with Gasteiger partial charge in [-0.15, -0.1) is 5.10 Å². The summed E-state index contributed by atoms with van der Waals surface area (Å²) in [6.07, 6.45) is 0.0862. The first kappa shape index (κ1) is 22.9. The average Bonchev–Trinajstić information content (AvgIpc) is 3.15. The Morgan fingerprint density at radius 3 is 2.64 bits per heavy atom. The van der Waals surface area contributed by atoms with Gasteiger partial charge >= 0.3 is 0 Å². The van der Waals surface area contributed by atoms with Crippen molar-refractivity contribution in [1.29, 1.82) is 0 Å². The van der Waals surface area contributed by atoms with Gasteiger partial charge in [-0.3, -0.25) is 4.79 Å². The zero-order valence-corrected chi connectivity index (χ0v) is 20.4. The minimum atomic E-state index is -0.419. The van der Waals surface area contributed by atoms with Crippen molar-refractivity contribution in [3.05, 3.63) is 70.9 Å². The van der Waals surface area contributed by atoms with Crippen molar-refractivity contribution in [1.82, 2.24) is 14.8 Å². The van der Waals surface area contributed by atoms with Gasteiger partial charge in [-0.25, -0.2) is 4.68 Å². The topological polar surface area (TPSA) is 81.1 Å². The van der Waals surface area contributed by atoms with Gasteiger partial charge in [0.1, 0.15) is 11.8 Å². The fourth-order valence-electron chi connectivity index (χ4n) is 3.85. The smallest absolute Gasteiger partial charge is 0.255 e. The maximum Gasteiger partial charge on any atom is 0.255 e. The second kappa shape index (κ2) is 9.70. The van der Waals surface area contributed by atoms with Crippen molar-refractivity contribution < 1.29 is 9.53 Å². The number of amides is 1. The molecule has 2 N–H and O–H groups in total. The van der Waals surface area contributed by atoms with E-state index in [0.29, 0.717) is 16.7 Å². The molecule has 0 saturated carbocycles. The third-order valence-electron chi connectivity index (χ3n) is 5.19. The summed E-state index contributed by atoms with van der Waals surface area (Å²) < 4.78 is 7.61. The molecule has 1 atom stereocenters. The molecule has 0 bridgehead atoms. The quantitative estimate of drug-likeness (QED) is 0.456. The molecule has 33 heavy (non-hydrogen) atoms. The van der Waals surface area contributed by atoms with Gasteiger partial charge in [0, 0.05) is 11.4 Å². The number of nitrogens with one attached hydrogen (secondary N) is 2. The highest BCUT2D eigenvalue weighted by atomic mass is 32.2. The highest BCUT2D eigenvalue weighted by Gasteiger charge is 2.34. The number of benzene rings is 2. The van der Waals surface area contributed by atoms with Crippen molar-refractivity contribution in [2.75, 3.05) is 16.4 Å². The highest BCUT2D eigenvalue weighted by molar-refractivity contribution is 7.99. The summed E-state index contributed by atoms with van der Waals surface area (Å²) in [5.74, 6) is 2.10. The number of carbonyl (C=O) groups is 1. The number of anilines is 2. The lowest BCUT2D eigenvalue weighted by Gasteiger charge is -2.28. The normalized spacial score (nSPS) is 15.3. The van der Waals surface area contributed by atoms with E-state index >= 15 is 0 Å². The first-order valence-corrected chi connectivity index (χ1v) is 12.1. The molecule has 1 amide bonds. The van der Waals surface area contributed by atoms with Crippen LogP contribution in [-0.4, -0.2) is 32.5 Å². The molecule has 8 heteroatoms. The maximum atomic E-state index is 13.5. The summed E-state index contributed by atoms with van der Waals surface area (Å²) in [6, 6.07) is 15.2. The number of hydrogen-bond acceptors (Lipinski definition) is 6. The molecule has 0 spiro atoms. The fourth-order valence-corrected chi connectivity index (χ4v) is 4.40. The Morgan fingerprint density at radius 1 is 1.21 bits per heavy atom. The SMILES string of the molecule is CCSc1nc2n(n1)C(c1ccc(OC(C)C)cc1)C(C(=O)Nc1cccc(C)c1)=C(C)N2. The molecule has 172 valence electrons. The predicted octanol–water partition coefficient (Wildman–Crippen LogP) is 5.41. The average molecular weight is 464 g/mol. The molecule has 0 saturated heterocycles. The van der Waals surface area contributed by atoms with Gasteiger partial charge in [0.15, 0.2) is 0 Å². The molecule has 0 radical (unpaired) electrons. The number of fused-ring (bicyclic) bond motifs is 1. The first-order chi connectivity index (χ1) is 15.9. The van der Waals surface area contributed by atoms with Crippen LogP contribution in [0.15, 0.2) is 65.0 Å². The van der Waals surface area contributed by atoms with Gasteiger partial charge in [0.05, 0.1) is 11.7 Å². The number of rotatable bonds is 7. The van der Waals surface area contributed by atoms with Crippen molar-refractivity contribution >= 4 is 29.3 Å². The predicted molar refractivity (Wildman–Crippen MR) is 133 cm³/mol. The van der Waals surface area contributed by atoms with Crippen molar-refractivity contribution in [2.45, 2.75) is 51.9 Å². The minimum absolute atomic E-state index is 0.0862. The zero-order valence-electron chi connectivity index (χ0n) is 19.5. The van der Waals surface area contributed by atoms with Crippen LogP contribution in [0.4, 0.5) is 11.6 Å². The van der Waals surface area contributed by atoms with Gasteiger partial charge < -0.3 is 15.4 Å². The fraction of sp³-hybridized carbons (Fsp3) is 0.320. The first-order valence-electron chi connectivity index (χ1n) is 11.1. The number of aryl methyl sites for hydroxylation is 1. The molecular weight excluding hydrogens is 434 g/mol. The van der Waals surface area contributed by atoms with E-state index in [-0.39, 0.29) is 12.0 Å². The van der Waals surface area contributed by atoms with Gasteiger partial charge in [-0.1, -0.05) is 43.0 Å². The van der Waals surface area contributed by atoms with E-state index in [2.05, 4.69) is 22.5 Å². The summed E-state index contributed by atoms with van der Waals surface area (Å²) in [5.41, 5.74) is 4.12. The summed E-state index contributed by atoms with van der Waals surface area (Å²) in [5, 5.41) is 11.7. The summed E-state index contributed by atoms with van der Waals surface area (Å²) in [4.78, 5) is 18.2. The second-order valence-corrected chi connectivity index (χ2v) is 9.45. The largest absolute Gasteiger partial charge is 0.491 e. The molecule has 0 fully saturated rings. The molecule has 2 aromatic carbocycles. The Balaban J connectivity index is 1.74. The number of carbonyl (C=O) groups excluding carboxylic acids is 1. The number of thioether (sulfide) groups is 1. The Labute approximate surface area is 198 Å². The van der Waals surface area contributed by atoms with Crippen LogP contribution in [0.5, 0.6) is 5.75 Å². The lowest BCUT2D eigenvalue weighted by Crippen LogP contribution is -2.31. The Morgan fingerprint density at radius 2 is 1.97 bits per heavy atom. The van der Waals surface area contributed by atoms with E-state index in [9.17, 15) is 4.79 Å². The molecule has 1 unspecified atom stereocenters. The number of ether oxygens (including phenoxy) is 1. The third-order valence-corrected chi connectivity index (χ3v) is 5.91. The lowest BCUT2D eigenvalue weighted by atomic mass is 9.95. The third kappa shape index (κ3) is 5.06. The standard InChI is InChI=1S/C25H29N5O2S/c1-6-33-25-28-24-26-17(5)21(23(31)27-19-9-7-8-16(4)14-19)22(30(24)29-25)18-10-12-20(13-11-18)32-15(2)3/h7-15,22H,6H2,1-5H3,(H,27,31)(H,26,28,29). The number of nitrogens with zero attached hydrogens (tertiary/aromatic N) is 3. The minimum Gasteiger partial charge on any atom is -0.491 e. The van der Waals surface area contributed by atoms with E-state index in [0.717, 1.165) is 34.0 Å². The number of hydrogen-bond donors (Lipinski definition) is 2. The summed E-state index contributed by atoms with van der Waals surface area (Å²) in [7, 11) is 0. The second-order valence-electron chi connectivity index (χ2n) is 8.22. The van der Waals surface area contributed by atoms with E-state index in [4.69, 9.17) is 9.84 Å². The van der Waals surface area contributed by atoms with Gasteiger partial charge in [0.25, 0.3) is 5.91 Å². The van der Waals surface area contributed by atoms with E-state index < -0.39 is 6.04 Å². The van der Waals surface area contributed by atoms with Crippen molar-refractivity contribution in [2.24, 2.45) is 0 Å². The van der Waals surface area contributed by atoms with Gasteiger partial charge in [-0.2, -0.15) is 4.98 Å². The van der Waals surface area contributed by atoms with Gasteiger partial charge in [0.2, 0.25) is 11.1 Å². The molecule has 7 nitrogen and oxygen atoms in total. The molecule has 3 aromatic rings. The van der Waals surface area contributed by atoms with Gasteiger partial charge in [-0.05, 0) is 68.8 Å². The molecule has 0 aliphatic carbocycles.